The minimum Gasteiger partial charge on any atom is -0.349 e. The van der Waals surface area contributed by atoms with Crippen LogP contribution in [-0.2, 0) is 6.18 Å². The first-order chi connectivity index (χ1) is 16.2. The molecule has 3 aromatic carbocycles. The van der Waals surface area contributed by atoms with Crippen LogP contribution in [0.25, 0.3) is 22.5 Å². The molecule has 34 heavy (non-hydrogen) atoms. The highest BCUT2D eigenvalue weighted by molar-refractivity contribution is 5.95. The van der Waals surface area contributed by atoms with Crippen LogP contribution in [0.15, 0.2) is 83.4 Å². The van der Waals surface area contributed by atoms with E-state index < -0.39 is 12.1 Å². The molecule has 0 saturated heterocycles. The lowest BCUT2D eigenvalue weighted by Gasteiger charge is -2.22. The van der Waals surface area contributed by atoms with E-state index in [1.807, 2.05) is 62.4 Å². The SMILES string of the molecule is CC(NC(=O)c1cccc(-c2noc(C(F)(F)F)n2)c1)C(C)c1cccc(-c2ccccc2)c1. The van der Waals surface area contributed by atoms with Crippen molar-refractivity contribution in [3.63, 3.8) is 0 Å². The molecule has 0 saturated carbocycles. The third-order valence-corrected chi connectivity index (χ3v) is 5.68. The largest absolute Gasteiger partial charge is 0.471 e. The summed E-state index contributed by atoms with van der Waals surface area (Å²) in [5.74, 6) is -2.00. The number of nitrogens with one attached hydrogen (secondary N) is 1. The normalized spacial score (nSPS) is 13.3. The van der Waals surface area contributed by atoms with Crippen LogP contribution in [-0.4, -0.2) is 22.1 Å². The summed E-state index contributed by atoms with van der Waals surface area (Å²) in [6.07, 6.45) is -4.73. The highest BCUT2D eigenvalue weighted by Crippen LogP contribution is 2.30. The Morgan fingerprint density at radius 3 is 2.26 bits per heavy atom. The van der Waals surface area contributed by atoms with E-state index in [2.05, 4.69) is 26.0 Å². The average molecular weight is 465 g/mol. The van der Waals surface area contributed by atoms with Crippen LogP contribution in [0.2, 0.25) is 0 Å². The second kappa shape index (κ2) is 9.51. The number of carbonyl (C=O) groups excluding carboxylic acids is 1. The number of rotatable bonds is 6. The van der Waals surface area contributed by atoms with Gasteiger partial charge >= 0.3 is 12.1 Å². The molecule has 1 N–H and O–H groups in total. The van der Waals surface area contributed by atoms with Gasteiger partial charge in [0.1, 0.15) is 0 Å². The van der Waals surface area contributed by atoms with Crippen LogP contribution in [0, 0.1) is 0 Å². The van der Waals surface area contributed by atoms with Crippen molar-refractivity contribution in [3.8, 4) is 22.5 Å². The van der Waals surface area contributed by atoms with Crippen LogP contribution in [0.1, 0.15) is 41.6 Å². The number of carbonyl (C=O) groups is 1. The van der Waals surface area contributed by atoms with Gasteiger partial charge in [-0.2, -0.15) is 18.2 Å². The fraction of sp³-hybridized carbons (Fsp3) is 0.192. The number of hydrogen-bond acceptors (Lipinski definition) is 4. The van der Waals surface area contributed by atoms with Gasteiger partial charge in [-0.1, -0.05) is 78.8 Å². The number of aromatic nitrogens is 2. The Labute approximate surface area is 194 Å². The first-order valence-corrected chi connectivity index (χ1v) is 10.7. The van der Waals surface area contributed by atoms with E-state index in [0.29, 0.717) is 0 Å². The second-order valence-corrected chi connectivity index (χ2v) is 8.04. The molecule has 0 spiro atoms. The minimum absolute atomic E-state index is 0.0161. The van der Waals surface area contributed by atoms with E-state index in [9.17, 15) is 18.0 Å². The van der Waals surface area contributed by atoms with Crippen molar-refractivity contribution in [2.45, 2.75) is 32.0 Å². The number of benzene rings is 3. The Morgan fingerprint density at radius 1 is 0.882 bits per heavy atom. The first-order valence-electron chi connectivity index (χ1n) is 10.7. The highest BCUT2D eigenvalue weighted by atomic mass is 19.4. The van der Waals surface area contributed by atoms with E-state index in [-0.39, 0.29) is 34.8 Å². The summed E-state index contributed by atoms with van der Waals surface area (Å²) in [6, 6.07) is 24.1. The summed E-state index contributed by atoms with van der Waals surface area (Å²) in [7, 11) is 0. The molecule has 0 aliphatic carbocycles. The molecule has 1 amide bonds. The topological polar surface area (TPSA) is 68.0 Å². The smallest absolute Gasteiger partial charge is 0.349 e. The summed E-state index contributed by atoms with van der Waals surface area (Å²) in [5, 5.41) is 6.36. The molecule has 1 aromatic heterocycles. The highest BCUT2D eigenvalue weighted by Gasteiger charge is 2.38. The third kappa shape index (κ3) is 5.17. The molecule has 0 fully saturated rings. The molecule has 4 aromatic rings. The molecule has 1 heterocycles. The maximum absolute atomic E-state index is 12.9. The predicted molar refractivity (Wildman–Crippen MR) is 122 cm³/mol. The summed E-state index contributed by atoms with van der Waals surface area (Å²) < 4.78 is 42.5. The third-order valence-electron chi connectivity index (χ3n) is 5.68. The molecule has 8 heteroatoms. The summed E-state index contributed by atoms with van der Waals surface area (Å²) >= 11 is 0. The Kier molecular flexibility index (Phi) is 6.49. The summed E-state index contributed by atoms with van der Waals surface area (Å²) in [5.41, 5.74) is 3.82. The number of nitrogens with zero attached hydrogens (tertiary/aromatic N) is 2. The molecule has 0 radical (unpaired) electrons. The van der Waals surface area contributed by atoms with Crippen molar-refractivity contribution in [3.05, 3.63) is 95.9 Å². The van der Waals surface area contributed by atoms with E-state index in [4.69, 9.17) is 0 Å². The molecule has 0 aliphatic rings. The van der Waals surface area contributed by atoms with E-state index >= 15 is 0 Å². The Morgan fingerprint density at radius 2 is 1.56 bits per heavy atom. The van der Waals surface area contributed by atoms with Crippen LogP contribution >= 0.6 is 0 Å². The van der Waals surface area contributed by atoms with Gasteiger partial charge < -0.3 is 9.84 Å². The monoisotopic (exact) mass is 465 g/mol. The van der Waals surface area contributed by atoms with Crippen molar-refractivity contribution in [1.82, 2.24) is 15.5 Å². The molecule has 5 nitrogen and oxygen atoms in total. The molecule has 0 aliphatic heterocycles. The quantitative estimate of drug-likeness (QED) is 0.361. The molecule has 174 valence electrons. The number of amides is 1. The molecular weight excluding hydrogens is 443 g/mol. The van der Waals surface area contributed by atoms with E-state index in [0.717, 1.165) is 16.7 Å². The zero-order chi connectivity index (χ0) is 24.3. The van der Waals surface area contributed by atoms with Gasteiger partial charge in [0.25, 0.3) is 5.91 Å². The zero-order valence-electron chi connectivity index (χ0n) is 18.5. The van der Waals surface area contributed by atoms with Gasteiger partial charge in [0.05, 0.1) is 0 Å². The van der Waals surface area contributed by atoms with Crippen LogP contribution < -0.4 is 5.32 Å². The van der Waals surface area contributed by atoms with Crippen molar-refractivity contribution in [2.75, 3.05) is 0 Å². The van der Waals surface area contributed by atoms with Gasteiger partial charge in [-0.05, 0) is 35.7 Å². The van der Waals surface area contributed by atoms with E-state index in [1.54, 1.807) is 12.1 Å². The fourth-order valence-electron chi connectivity index (χ4n) is 3.59. The number of hydrogen-bond donors (Lipinski definition) is 1. The predicted octanol–water partition coefficient (Wildman–Crippen LogP) is 6.34. The van der Waals surface area contributed by atoms with Crippen LogP contribution in [0.3, 0.4) is 0 Å². The van der Waals surface area contributed by atoms with Crippen molar-refractivity contribution < 1.29 is 22.5 Å². The standard InChI is InChI=1S/C26H22F3N3O2/c1-16(19-10-6-11-20(14-19)18-8-4-3-5-9-18)17(2)30-24(33)22-13-7-12-21(15-22)23-31-25(34-32-23)26(27,28)29/h3-17H,1-2H3,(H,30,33). The maximum atomic E-state index is 12.9. The average Bonchev–Trinajstić information content (AvgIpc) is 3.35. The Balaban J connectivity index is 1.48. The first kappa shape index (κ1) is 23.2. The molecule has 0 bridgehead atoms. The molecule has 2 atom stereocenters. The molecular formula is C26H22F3N3O2. The Hall–Kier alpha value is -3.94. The lowest BCUT2D eigenvalue weighted by atomic mass is 9.91. The molecule has 2 unspecified atom stereocenters. The number of alkyl halides is 3. The van der Waals surface area contributed by atoms with Gasteiger partial charge in [0.2, 0.25) is 5.82 Å². The van der Waals surface area contributed by atoms with Crippen molar-refractivity contribution in [1.29, 1.82) is 0 Å². The summed E-state index contributed by atoms with van der Waals surface area (Å²) in [6.45, 7) is 3.94. The van der Waals surface area contributed by atoms with E-state index in [1.165, 1.54) is 12.1 Å². The van der Waals surface area contributed by atoms with Crippen LogP contribution in [0.4, 0.5) is 13.2 Å². The number of halogens is 3. The fourth-order valence-corrected chi connectivity index (χ4v) is 3.59. The van der Waals surface area contributed by atoms with Crippen LogP contribution in [0.5, 0.6) is 0 Å². The zero-order valence-corrected chi connectivity index (χ0v) is 18.5. The van der Waals surface area contributed by atoms with Gasteiger partial charge in [-0.15, -0.1) is 0 Å². The summed E-state index contributed by atoms with van der Waals surface area (Å²) in [4.78, 5) is 16.3. The van der Waals surface area contributed by atoms with Gasteiger partial charge in [0, 0.05) is 23.1 Å². The minimum atomic E-state index is -4.73. The maximum Gasteiger partial charge on any atom is 0.471 e. The van der Waals surface area contributed by atoms with Crippen molar-refractivity contribution in [2.24, 2.45) is 0 Å². The van der Waals surface area contributed by atoms with Gasteiger partial charge in [0.15, 0.2) is 0 Å². The molecule has 4 rings (SSSR count). The van der Waals surface area contributed by atoms with Gasteiger partial charge in [-0.25, -0.2) is 0 Å². The lowest BCUT2D eigenvalue weighted by molar-refractivity contribution is -0.159. The van der Waals surface area contributed by atoms with Gasteiger partial charge in [-0.3, -0.25) is 4.79 Å². The second-order valence-electron chi connectivity index (χ2n) is 8.04. The van der Waals surface area contributed by atoms with Crippen molar-refractivity contribution >= 4 is 5.91 Å². The lowest BCUT2D eigenvalue weighted by Crippen LogP contribution is -2.36. The Bertz CT molecular complexity index is 1290.